The highest BCUT2D eigenvalue weighted by Gasteiger charge is 2.21. The van der Waals surface area contributed by atoms with Crippen molar-refractivity contribution in [3.8, 4) is 16.9 Å². The Morgan fingerprint density at radius 1 is 1.03 bits per heavy atom. The van der Waals surface area contributed by atoms with Gasteiger partial charge in [-0.25, -0.2) is 17.5 Å². The number of carbonyl (C=O) groups excluding carboxylic acids is 1. The van der Waals surface area contributed by atoms with Crippen LogP contribution in [0.25, 0.3) is 11.1 Å². The molecule has 0 bridgehead atoms. The normalized spacial score (nSPS) is 11.3. The fraction of sp³-hybridized carbons (Fsp3) is 0.0952. The number of hydrogen-bond acceptors (Lipinski definition) is 4. The molecule has 0 amide bonds. The van der Waals surface area contributed by atoms with E-state index in [1.54, 1.807) is 30.3 Å². The Kier molecular flexibility index (Phi) is 6.32. The van der Waals surface area contributed by atoms with Crippen molar-refractivity contribution in [2.24, 2.45) is 0 Å². The monoisotopic (exact) mass is 433 g/mol. The molecule has 0 aliphatic carbocycles. The summed E-state index contributed by atoms with van der Waals surface area (Å²) in [6.07, 6.45) is 0. The number of sulfonamides is 1. The van der Waals surface area contributed by atoms with Crippen molar-refractivity contribution < 1.29 is 22.3 Å². The van der Waals surface area contributed by atoms with Gasteiger partial charge in [0, 0.05) is 6.07 Å². The predicted molar refractivity (Wildman–Crippen MR) is 109 cm³/mol. The average molecular weight is 434 g/mol. The van der Waals surface area contributed by atoms with Gasteiger partial charge in [-0.3, -0.25) is 4.79 Å². The molecule has 0 radical (unpaired) electrons. The third-order valence-electron chi connectivity index (χ3n) is 4.21. The van der Waals surface area contributed by atoms with Gasteiger partial charge >= 0.3 is 0 Å². The maximum Gasteiger partial charge on any atom is 0.241 e. The number of ether oxygens (including phenoxy) is 1. The van der Waals surface area contributed by atoms with Crippen LogP contribution in [0.15, 0.2) is 71.6 Å². The van der Waals surface area contributed by atoms with Crippen LogP contribution in [0, 0.1) is 5.82 Å². The second-order valence-corrected chi connectivity index (χ2v) is 8.29. The molecule has 0 atom stereocenters. The number of hydrogen-bond donors (Lipinski definition) is 1. The molecular formula is C21H17ClFNO4S. The topological polar surface area (TPSA) is 72.5 Å². The van der Waals surface area contributed by atoms with Crippen molar-refractivity contribution >= 4 is 27.4 Å². The van der Waals surface area contributed by atoms with Gasteiger partial charge in [-0.1, -0.05) is 48.0 Å². The van der Waals surface area contributed by atoms with E-state index in [-0.39, 0.29) is 15.5 Å². The largest absolute Gasteiger partial charge is 0.497 e. The number of Topliss-reactive ketones (excluding diaryl/α,β-unsaturated/α-hetero) is 1. The van der Waals surface area contributed by atoms with Crippen molar-refractivity contribution in [2.45, 2.75) is 4.90 Å². The van der Waals surface area contributed by atoms with E-state index in [1.807, 2.05) is 6.07 Å². The summed E-state index contributed by atoms with van der Waals surface area (Å²) in [5, 5.41) is -0.217. The summed E-state index contributed by atoms with van der Waals surface area (Å²) in [7, 11) is -2.58. The highest BCUT2D eigenvalue weighted by Crippen LogP contribution is 2.28. The molecule has 29 heavy (non-hydrogen) atoms. The van der Waals surface area contributed by atoms with Crippen molar-refractivity contribution in [3.63, 3.8) is 0 Å². The molecule has 0 saturated carbocycles. The quantitative estimate of drug-likeness (QED) is 0.563. The van der Waals surface area contributed by atoms with E-state index in [0.29, 0.717) is 11.3 Å². The SMILES string of the molecule is COc1cccc(S(=O)(=O)NCC(=O)c2cc(-c3ccccc3)cc(Cl)c2F)c1. The Balaban J connectivity index is 1.84. The van der Waals surface area contributed by atoms with Gasteiger partial charge in [-0.2, -0.15) is 0 Å². The number of halogens is 2. The predicted octanol–water partition coefficient (Wildman–Crippen LogP) is 4.32. The Morgan fingerprint density at radius 2 is 1.76 bits per heavy atom. The van der Waals surface area contributed by atoms with Gasteiger partial charge in [0.2, 0.25) is 10.0 Å². The lowest BCUT2D eigenvalue weighted by Crippen LogP contribution is -2.30. The van der Waals surface area contributed by atoms with Gasteiger partial charge in [0.15, 0.2) is 11.6 Å². The third kappa shape index (κ3) is 4.82. The Labute approximate surface area is 173 Å². The number of rotatable bonds is 7. The Hall–Kier alpha value is -2.74. The first-order valence-corrected chi connectivity index (χ1v) is 10.4. The van der Waals surface area contributed by atoms with Crippen LogP contribution < -0.4 is 9.46 Å². The number of benzene rings is 3. The summed E-state index contributed by atoms with van der Waals surface area (Å²) < 4.78 is 46.5. The van der Waals surface area contributed by atoms with Crippen LogP contribution in [0.2, 0.25) is 5.02 Å². The van der Waals surface area contributed by atoms with Gasteiger partial charge in [0.1, 0.15) is 5.75 Å². The lowest BCUT2D eigenvalue weighted by atomic mass is 10.0. The molecule has 0 aliphatic rings. The molecule has 8 heteroatoms. The van der Waals surface area contributed by atoms with Gasteiger partial charge in [0.25, 0.3) is 0 Å². The zero-order valence-electron chi connectivity index (χ0n) is 15.4. The van der Waals surface area contributed by atoms with Crippen LogP contribution >= 0.6 is 11.6 Å². The minimum Gasteiger partial charge on any atom is -0.497 e. The van der Waals surface area contributed by atoms with Crippen molar-refractivity contribution in [1.29, 1.82) is 0 Å². The average Bonchev–Trinajstić information content (AvgIpc) is 2.74. The summed E-state index contributed by atoms with van der Waals surface area (Å²) in [6, 6.07) is 17.6. The van der Waals surface area contributed by atoms with E-state index in [2.05, 4.69) is 4.72 Å². The molecule has 0 spiro atoms. The first kappa shape index (κ1) is 21.0. The number of carbonyl (C=O) groups is 1. The smallest absolute Gasteiger partial charge is 0.241 e. The molecule has 3 aromatic carbocycles. The highest BCUT2D eigenvalue weighted by molar-refractivity contribution is 7.89. The van der Waals surface area contributed by atoms with Crippen molar-refractivity contribution in [2.75, 3.05) is 13.7 Å². The number of methoxy groups -OCH3 is 1. The van der Waals surface area contributed by atoms with E-state index in [4.69, 9.17) is 16.3 Å². The summed E-state index contributed by atoms with van der Waals surface area (Å²) in [6.45, 7) is -0.620. The summed E-state index contributed by atoms with van der Waals surface area (Å²) in [5.41, 5.74) is 1.01. The van der Waals surface area contributed by atoms with Crippen LogP contribution in [-0.4, -0.2) is 27.9 Å². The standard InChI is InChI=1S/C21H17ClFNO4S/c1-28-16-8-5-9-17(12-16)29(26,27)24-13-20(25)18-10-15(11-19(22)21(18)23)14-6-3-2-4-7-14/h2-12,24H,13H2,1H3. The number of ketones is 1. The molecule has 0 fully saturated rings. The molecule has 150 valence electrons. The van der Waals surface area contributed by atoms with Crippen LogP contribution in [0.1, 0.15) is 10.4 Å². The fourth-order valence-corrected chi connectivity index (χ4v) is 3.93. The minimum absolute atomic E-state index is 0.0683. The molecule has 0 saturated heterocycles. The van der Waals surface area contributed by atoms with E-state index >= 15 is 0 Å². The first-order valence-electron chi connectivity index (χ1n) is 8.53. The molecule has 0 aromatic heterocycles. The molecule has 0 unspecified atom stereocenters. The van der Waals surface area contributed by atoms with Gasteiger partial charge in [-0.15, -0.1) is 0 Å². The molecule has 0 aliphatic heterocycles. The lowest BCUT2D eigenvalue weighted by molar-refractivity contribution is 0.0993. The molecule has 0 heterocycles. The van der Waals surface area contributed by atoms with E-state index in [0.717, 1.165) is 5.56 Å². The van der Waals surface area contributed by atoms with Crippen molar-refractivity contribution in [3.05, 3.63) is 83.1 Å². The third-order valence-corrected chi connectivity index (χ3v) is 5.88. The van der Waals surface area contributed by atoms with E-state index in [9.17, 15) is 17.6 Å². The zero-order chi connectivity index (χ0) is 21.0. The van der Waals surface area contributed by atoms with E-state index in [1.165, 1.54) is 37.4 Å². The first-order chi connectivity index (χ1) is 13.8. The molecule has 1 N–H and O–H groups in total. The molecular weight excluding hydrogens is 417 g/mol. The number of nitrogens with one attached hydrogen (secondary N) is 1. The summed E-state index contributed by atoms with van der Waals surface area (Å²) in [4.78, 5) is 12.5. The van der Waals surface area contributed by atoms with Gasteiger partial charge in [0.05, 0.1) is 29.1 Å². The maximum atomic E-state index is 14.4. The van der Waals surface area contributed by atoms with Gasteiger partial charge < -0.3 is 4.74 Å². The maximum absolute atomic E-state index is 14.4. The molecule has 5 nitrogen and oxygen atoms in total. The van der Waals surface area contributed by atoms with E-state index < -0.39 is 28.2 Å². The second kappa shape index (κ2) is 8.73. The Bertz CT molecular complexity index is 1150. The summed E-state index contributed by atoms with van der Waals surface area (Å²) in [5.74, 6) is -1.28. The second-order valence-electron chi connectivity index (χ2n) is 6.11. The lowest BCUT2D eigenvalue weighted by Gasteiger charge is -2.10. The molecule has 3 rings (SSSR count). The minimum atomic E-state index is -3.99. The van der Waals surface area contributed by atoms with Crippen LogP contribution in [0.4, 0.5) is 4.39 Å². The highest BCUT2D eigenvalue weighted by atomic mass is 35.5. The van der Waals surface area contributed by atoms with Gasteiger partial charge in [-0.05, 0) is 35.4 Å². The van der Waals surface area contributed by atoms with Crippen LogP contribution in [-0.2, 0) is 10.0 Å². The molecule has 3 aromatic rings. The zero-order valence-corrected chi connectivity index (χ0v) is 16.9. The Morgan fingerprint density at radius 3 is 2.45 bits per heavy atom. The fourth-order valence-electron chi connectivity index (χ4n) is 2.70. The van der Waals surface area contributed by atoms with Crippen LogP contribution in [0.5, 0.6) is 5.75 Å². The van der Waals surface area contributed by atoms with Crippen molar-refractivity contribution in [1.82, 2.24) is 4.72 Å². The summed E-state index contributed by atoms with van der Waals surface area (Å²) >= 11 is 5.95. The van der Waals surface area contributed by atoms with Crippen LogP contribution in [0.3, 0.4) is 0 Å².